The third kappa shape index (κ3) is 3.82. The Labute approximate surface area is 110 Å². The Morgan fingerprint density at radius 3 is 2.67 bits per heavy atom. The van der Waals surface area contributed by atoms with E-state index in [1.165, 1.54) is 25.9 Å². The zero-order chi connectivity index (χ0) is 13.0. The van der Waals surface area contributed by atoms with Gasteiger partial charge in [-0.2, -0.15) is 0 Å². The van der Waals surface area contributed by atoms with E-state index in [0.717, 1.165) is 24.5 Å². The summed E-state index contributed by atoms with van der Waals surface area (Å²) in [6.45, 7) is 10.9. The number of hydrogen-bond donors (Lipinski definition) is 1. The van der Waals surface area contributed by atoms with Gasteiger partial charge in [-0.15, -0.1) is 0 Å². The molecule has 1 aromatic heterocycles. The summed E-state index contributed by atoms with van der Waals surface area (Å²) in [7, 11) is 0. The largest absolute Gasteiger partial charge is 0.361 e. The molecule has 0 aromatic carbocycles. The molecule has 0 radical (unpaired) electrons. The third-order valence-electron chi connectivity index (χ3n) is 3.51. The monoisotopic (exact) mass is 251 g/mol. The van der Waals surface area contributed by atoms with Crippen molar-refractivity contribution in [1.29, 1.82) is 0 Å². The van der Waals surface area contributed by atoms with Crippen LogP contribution >= 0.6 is 0 Å². The van der Waals surface area contributed by atoms with Crippen molar-refractivity contribution < 1.29 is 4.52 Å². The Morgan fingerprint density at radius 1 is 1.33 bits per heavy atom. The Balaban J connectivity index is 1.72. The Morgan fingerprint density at radius 2 is 2.06 bits per heavy atom. The van der Waals surface area contributed by atoms with Crippen LogP contribution < -0.4 is 5.32 Å². The van der Waals surface area contributed by atoms with E-state index >= 15 is 0 Å². The standard InChI is InChI=1S/C14H25N3O/c1-11(2)14-8-13(16-18-14)9-15-12(3)10-17-6-4-5-7-17/h8,11-12,15H,4-7,9-10H2,1-3H3. The van der Waals surface area contributed by atoms with Gasteiger partial charge in [0.15, 0.2) is 0 Å². The maximum absolute atomic E-state index is 5.29. The van der Waals surface area contributed by atoms with Crippen LogP contribution in [-0.4, -0.2) is 35.7 Å². The summed E-state index contributed by atoms with van der Waals surface area (Å²) in [5, 5.41) is 7.60. The first-order valence-corrected chi connectivity index (χ1v) is 7.06. The molecule has 1 aromatic rings. The molecular weight excluding hydrogens is 226 g/mol. The molecule has 0 spiro atoms. The summed E-state index contributed by atoms with van der Waals surface area (Å²) in [5.41, 5.74) is 1.01. The van der Waals surface area contributed by atoms with Crippen molar-refractivity contribution in [3.63, 3.8) is 0 Å². The molecule has 1 fully saturated rings. The quantitative estimate of drug-likeness (QED) is 0.843. The fraction of sp³-hybridized carbons (Fsp3) is 0.786. The molecule has 0 saturated carbocycles. The molecule has 0 bridgehead atoms. The molecule has 1 saturated heterocycles. The molecular formula is C14H25N3O. The number of nitrogens with zero attached hydrogens (tertiary/aromatic N) is 2. The highest BCUT2D eigenvalue weighted by molar-refractivity contribution is 5.08. The Kier molecular flexibility index (Phi) is 4.78. The molecule has 1 aliphatic rings. The van der Waals surface area contributed by atoms with E-state index in [0.29, 0.717) is 12.0 Å². The fourth-order valence-electron chi connectivity index (χ4n) is 2.38. The van der Waals surface area contributed by atoms with Crippen LogP contribution in [0.4, 0.5) is 0 Å². The molecule has 18 heavy (non-hydrogen) atoms. The SMILES string of the molecule is CC(CN1CCCC1)NCc1cc(C(C)C)on1. The van der Waals surface area contributed by atoms with E-state index in [2.05, 4.69) is 42.2 Å². The minimum Gasteiger partial charge on any atom is -0.361 e. The lowest BCUT2D eigenvalue weighted by Gasteiger charge is -2.20. The van der Waals surface area contributed by atoms with E-state index in [9.17, 15) is 0 Å². The maximum Gasteiger partial charge on any atom is 0.139 e. The zero-order valence-electron chi connectivity index (χ0n) is 11.8. The number of aromatic nitrogens is 1. The van der Waals surface area contributed by atoms with E-state index in [-0.39, 0.29) is 0 Å². The normalized spacial score (nSPS) is 18.7. The number of rotatable bonds is 6. The van der Waals surface area contributed by atoms with Crippen LogP contribution in [0, 0.1) is 0 Å². The molecule has 0 amide bonds. The summed E-state index contributed by atoms with van der Waals surface area (Å²) < 4.78 is 5.29. The van der Waals surface area contributed by atoms with Gasteiger partial charge in [-0.25, -0.2) is 0 Å². The maximum atomic E-state index is 5.29. The summed E-state index contributed by atoms with van der Waals surface area (Å²) in [6.07, 6.45) is 2.71. The number of hydrogen-bond acceptors (Lipinski definition) is 4. The molecule has 1 atom stereocenters. The lowest BCUT2D eigenvalue weighted by molar-refractivity contribution is 0.296. The summed E-state index contributed by atoms with van der Waals surface area (Å²) >= 11 is 0. The van der Waals surface area contributed by atoms with Gasteiger partial charge in [-0.1, -0.05) is 19.0 Å². The summed E-state index contributed by atoms with van der Waals surface area (Å²) in [6, 6.07) is 2.56. The first kappa shape index (κ1) is 13.6. The summed E-state index contributed by atoms with van der Waals surface area (Å²) in [4.78, 5) is 2.53. The van der Waals surface area contributed by atoms with Gasteiger partial charge in [0.1, 0.15) is 5.76 Å². The van der Waals surface area contributed by atoms with Crippen molar-refractivity contribution >= 4 is 0 Å². The average Bonchev–Trinajstić information content (AvgIpc) is 2.96. The van der Waals surface area contributed by atoms with Gasteiger partial charge in [0.05, 0.1) is 5.69 Å². The van der Waals surface area contributed by atoms with Crippen molar-refractivity contribution in [2.45, 2.75) is 52.1 Å². The topological polar surface area (TPSA) is 41.3 Å². The minimum atomic E-state index is 0.410. The van der Waals surface area contributed by atoms with Gasteiger partial charge in [-0.05, 0) is 32.9 Å². The summed E-state index contributed by atoms with van der Waals surface area (Å²) in [5.74, 6) is 1.38. The van der Waals surface area contributed by atoms with Crippen LogP contribution in [0.3, 0.4) is 0 Å². The second kappa shape index (κ2) is 6.34. The Bertz CT molecular complexity index is 356. The van der Waals surface area contributed by atoms with Crippen molar-refractivity contribution in [2.75, 3.05) is 19.6 Å². The van der Waals surface area contributed by atoms with Crippen LogP contribution in [0.25, 0.3) is 0 Å². The van der Waals surface area contributed by atoms with E-state index in [1.807, 2.05) is 0 Å². The van der Waals surface area contributed by atoms with E-state index < -0.39 is 0 Å². The van der Waals surface area contributed by atoms with Gasteiger partial charge in [0, 0.05) is 31.1 Å². The van der Waals surface area contributed by atoms with Crippen LogP contribution in [0.15, 0.2) is 10.6 Å². The van der Waals surface area contributed by atoms with Crippen molar-refractivity contribution in [1.82, 2.24) is 15.4 Å². The molecule has 0 aliphatic carbocycles. The van der Waals surface area contributed by atoms with Crippen LogP contribution in [-0.2, 0) is 6.54 Å². The lowest BCUT2D eigenvalue weighted by Crippen LogP contribution is -2.37. The smallest absolute Gasteiger partial charge is 0.139 e. The number of likely N-dealkylation sites (tertiary alicyclic amines) is 1. The van der Waals surface area contributed by atoms with Gasteiger partial charge >= 0.3 is 0 Å². The lowest BCUT2D eigenvalue weighted by atomic mass is 10.1. The molecule has 2 rings (SSSR count). The first-order chi connectivity index (χ1) is 8.65. The molecule has 1 aliphatic heterocycles. The average molecular weight is 251 g/mol. The van der Waals surface area contributed by atoms with Crippen molar-refractivity contribution in [3.8, 4) is 0 Å². The Hall–Kier alpha value is -0.870. The van der Waals surface area contributed by atoms with Gasteiger partial charge in [-0.3, -0.25) is 0 Å². The van der Waals surface area contributed by atoms with Gasteiger partial charge in [0.25, 0.3) is 0 Å². The van der Waals surface area contributed by atoms with Crippen LogP contribution in [0.1, 0.15) is 51.0 Å². The van der Waals surface area contributed by atoms with E-state index in [1.54, 1.807) is 0 Å². The molecule has 102 valence electrons. The molecule has 2 heterocycles. The minimum absolute atomic E-state index is 0.410. The molecule has 4 nitrogen and oxygen atoms in total. The number of nitrogens with one attached hydrogen (secondary N) is 1. The van der Waals surface area contributed by atoms with Gasteiger partial charge < -0.3 is 14.7 Å². The predicted octanol–water partition coefficient (Wildman–Crippen LogP) is 2.37. The van der Waals surface area contributed by atoms with Gasteiger partial charge in [0.2, 0.25) is 0 Å². The fourth-order valence-corrected chi connectivity index (χ4v) is 2.38. The predicted molar refractivity (Wildman–Crippen MR) is 72.6 cm³/mol. The molecule has 1 unspecified atom stereocenters. The third-order valence-corrected chi connectivity index (χ3v) is 3.51. The highest BCUT2D eigenvalue weighted by atomic mass is 16.5. The van der Waals surface area contributed by atoms with E-state index in [4.69, 9.17) is 4.52 Å². The highest BCUT2D eigenvalue weighted by Crippen LogP contribution is 2.15. The second-order valence-corrected chi connectivity index (χ2v) is 5.66. The second-order valence-electron chi connectivity index (χ2n) is 5.66. The first-order valence-electron chi connectivity index (χ1n) is 7.06. The van der Waals surface area contributed by atoms with Crippen molar-refractivity contribution in [2.24, 2.45) is 0 Å². The zero-order valence-corrected chi connectivity index (χ0v) is 11.8. The van der Waals surface area contributed by atoms with Crippen molar-refractivity contribution in [3.05, 3.63) is 17.5 Å². The highest BCUT2D eigenvalue weighted by Gasteiger charge is 2.15. The molecule has 1 N–H and O–H groups in total. The van der Waals surface area contributed by atoms with Crippen LogP contribution in [0.2, 0.25) is 0 Å². The molecule has 4 heteroatoms. The van der Waals surface area contributed by atoms with Crippen LogP contribution in [0.5, 0.6) is 0 Å².